The molecule has 45 heavy (non-hydrogen) atoms. The Labute approximate surface area is 266 Å². The maximum Gasteiger partial charge on any atom is 0.433 e. The summed E-state index contributed by atoms with van der Waals surface area (Å²) in [7, 11) is -3.44. The molecule has 3 aliphatic heterocycles. The molecule has 236 valence electrons. The van der Waals surface area contributed by atoms with E-state index in [4.69, 9.17) is 4.84 Å². The van der Waals surface area contributed by atoms with Crippen LogP contribution in [0.1, 0.15) is 42.3 Å². The zero-order valence-electron chi connectivity index (χ0n) is 24.4. The summed E-state index contributed by atoms with van der Waals surface area (Å²) in [6.45, 7) is 4.03. The van der Waals surface area contributed by atoms with E-state index in [0.29, 0.717) is 17.9 Å². The lowest BCUT2D eigenvalue weighted by atomic mass is 9.77. The molecule has 0 saturated carbocycles. The Morgan fingerprint density at radius 2 is 1.96 bits per heavy atom. The summed E-state index contributed by atoms with van der Waals surface area (Å²) in [5, 5.41) is 5.49. The highest BCUT2D eigenvalue weighted by Crippen LogP contribution is 2.53. The van der Waals surface area contributed by atoms with Crippen molar-refractivity contribution < 1.29 is 26.4 Å². The largest absolute Gasteiger partial charge is 0.433 e. The molecule has 1 spiro atoms. The van der Waals surface area contributed by atoms with Crippen LogP contribution in [0.5, 0.6) is 0 Å². The number of benzene rings is 1. The molecule has 0 N–H and O–H groups in total. The second-order valence-corrected chi connectivity index (χ2v) is 16.1. The monoisotopic (exact) mass is 674 g/mol. The normalized spacial score (nSPS) is 22.0. The van der Waals surface area contributed by atoms with E-state index in [1.54, 1.807) is 13.3 Å². The number of oxime groups is 1. The van der Waals surface area contributed by atoms with Crippen molar-refractivity contribution in [2.75, 3.05) is 29.6 Å². The fourth-order valence-corrected chi connectivity index (χ4v) is 9.04. The highest BCUT2D eigenvalue weighted by molar-refractivity contribution is 8.00. The van der Waals surface area contributed by atoms with Crippen molar-refractivity contribution in [1.82, 2.24) is 23.8 Å². The highest BCUT2D eigenvalue weighted by Gasteiger charge is 2.56. The summed E-state index contributed by atoms with van der Waals surface area (Å²) in [5.74, 6) is 2.04. The Bertz CT molecular complexity index is 1950. The maximum atomic E-state index is 13.4. The van der Waals surface area contributed by atoms with Gasteiger partial charge in [-0.1, -0.05) is 18.1 Å². The standard InChI is InChI=1S/C30H29F3N6O3S3/c1-3-45(40,41)9-8-29(22-5-7-25(34-12-22)30(31,32)33)39-15-28(16-43-17-28)11-21(27(39)37-42-29)10-20-4-6-24(26-23(20)13-36-44-26)38-14-19(2)35-18-38/h4-7,10,12-14,18H,3,8-9,11,15-17H2,1-2H3. The number of amidine groups is 1. The Balaban J connectivity index is 1.32. The van der Waals surface area contributed by atoms with Crippen LogP contribution in [0.25, 0.3) is 21.8 Å². The zero-order valence-corrected chi connectivity index (χ0v) is 26.9. The van der Waals surface area contributed by atoms with Crippen LogP contribution in [0.15, 0.2) is 59.9 Å². The average molecular weight is 675 g/mol. The van der Waals surface area contributed by atoms with Crippen LogP contribution < -0.4 is 0 Å². The number of aryl methyl sites for hydroxylation is 1. The van der Waals surface area contributed by atoms with Gasteiger partial charge in [-0.15, -0.1) is 0 Å². The van der Waals surface area contributed by atoms with Gasteiger partial charge in [0.15, 0.2) is 5.84 Å². The minimum Gasteiger partial charge on any atom is -0.360 e. The maximum absolute atomic E-state index is 13.4. The van der Waals surface area contributed by atoms with E-state index in [0.717, 1.165) is 62.8 Å². The highest BCUT2D eigenvalue weighted by atomic mass is 32.2. The molecule has 0 aliphatic carbocycles. The molecule has 0 bridgehead atoms. The number of alkyl halides is 3. The van der Waals surface area contributed by atoms with Gasteiger partial charge in [0.2, 0.25) is 5.72 Å². The number of nitrogens with zero attached hydrogens (tertiary/aromatic N) is 6. The molecule has 3 aliphatic rings. The third-order valence-electron chi connectivity index (χ3n) is 8.69. The first-order valence-corrected chi connectivity index (χ1v) is 18.1. The van der Waals surface area contributed by atoms with E-state index in [1.807, 2.05) is 52.7 Å². The molecule has 3 aromatic heterocycles. The second kappa shape index (κ2) is 10.8. The van der Waals surface area contributed by atoms with E-state index in [2.05, 4.69) is 25.6 Å². The van der Waals surface area contributed by atoms with Crippen molar-refractivity contribution in [1.29, 1.82) is 0 Å². The van der Waals surface area contributed by atoms with Crippen LogP contribution in [0, 0.1) is 12.3 Å². The Kier molecular flexibility index (Phi) is 7.28. The molecular formula is C30H29F3N6O3S3. The summed E-state index contributed by atoms with van der Waals surface area (Å²) in [4.78, 5) is 16.2. The molecule has 2 saturated heterocycles. The SMILES string of the molecule is CCS(=O)(=O)CCC1(c2ccc(C(F)(F)F)nc2)ON=C2C(=Cc3ccc(-n4cnc(C)c4)c4sncc34)CC3(CSC3)CN21. The molecule has 1 atom stereocenters. The van der Waals surface area contributed by atoms with Gasteiger partial charge in [-0.3, -0.25) is 4.98 Å². The fourth-order valence-electron chi connectivity index (χ4n) is 6.20. The molecule has 1 aromatic carbocycles. The molecule has 0 amide bonds. The number of fused-ring (bicyclic) bond motifs is 2. The number of aromatic nitrogens is 4. The summed E-state index contributed by atoms with van der Waals surface area (Å²) < 4.78 is 73.1. The molecule has 4 aromatic rings. The van der Waals surface area contributed by atoms with Crippen molar-refractivity contribution >= 4 is 55.1 Å². The Morgan fingerprint density at radius 1 is 1.13 bits per heavy atom. The van der Waals surface area contributed by atoms with Gasteiger partial charge in [-0.2, -0.15) is 29.3 Å². The molecule has 1 unspecified atom stereocenters. The lowest BCUT2D eigenvalue weighted by Crippen LogP contribution is -2.58. The van der Waals surface area contributed by atoms with Gasteiger partial charge in [0.05, 0.1) is 28.2 Å². The number of thioether (sulfide) groups is 1. The van der Waals surface area contributed by atoms with Crippen molar-refractivity contribution in [2.45, 2.75) is 38.6 Å². The third-order valence-corrected chi connectivity index (χ3v) is 12.8. The van der Waals surface area contributed by atoms with E-state index < -0.39 is 27.4 Å². The van der Waals surface area contributed by atoms with Gasteiger partial charge in [0.25, 0.3) is 0 Å². The predicted octanol–water partition coefficient (Wildman–Crippen LogP) is 6.05. The molecule has 15 heteroatoms. The van der Waals surface area contributed by atoms with Crippen molar-refractivity contribution in [3.8, 4) is 5.69 Å². The number of pyridine rings is 1. The van der Waals surface area contributed by atoms with Crippen LogP contribution in [0.2, 0.25) is 0 Å². The van der Waals surface area contributed by atoms with Gasteiger partial charge >= 0.3 is 6.18 Å². The Hall–Kier alpha value is -3.43. The second-order valence-electron chi connectivity index (χ2n) is 11.8. The van der Waals surface area contributed by atoms with Crippen LogP contribution in [0.3, 0.4) is 0 Å². The lowest BCUT2D eigenvalue weighted by Gasteiger charge is -2.51. The number of hydrogen-bond donors (Lipinski definition) is 0. The molecule has 0 radical (unpaired) electrons. The summed E-state index contributed by atoms with van der Waals surface area (Å²) >= 11 is 3.23. The first-order valence-electron chi connectivity index (χ1n) is 14.4. The number of halogens is 3. The summed E-state index contributed by atoms with van der Waals surface area (Å²) in [5.41, 5.74) is 1.48. The average Bonchev–Trinajstić information content (AvgIpc) is 3.75. The molecule has 6 heterocycles. The number of piperidine rings is 1. The first-order chi connectivity index (χ1) is 21.4. The first kappa shape index (κ1) is 30.2. The quantitative estimate of drug-likeness (QED) is 0.234. The zero-order chi connectivity index (χ0) is 31.6. The molecule has 2 fully saturated rings. The van der Waals surface area contributed by atoms with Crippen LogP contribution in [-0.4, -0.2) is 67.6 Å². The van der Waals surface area contributed by atoms with Crippen LogP contribution in [-0.2, 0) is 26.6 Å². The van der Waals surface area contributed by atoms with E-state index in [1.165, 1.54) is 17.6 Å². The van der Waals surface area contributed by atoms with Gasteiger partial charge in [0.1, 0.15) is 15.5 Å². The summed E-state index contributed by atoms with van der Waals surface area (Å²) in [6, 6.07) is 6.30. The van der Waals surface area contributed by atoms with E-state index >= 15 is 0 Å². The number of sulfone groups is 1. The lowest BCUT2D eigenvalue weighted by molar-refractivity contribution is -0.141. The molecular weight excluding hydrogens is 646 g/mol. The number of rotatable bonds is 7. The predicted molar refractivity (Wildman–Crippen MR) is 169 cm³/mol. The van der Waals surface area contributed by atoms with Crippen LogP contribution >= 0.6 is 23.3 Å². The fraction of sp³-hybridized carbons (Fsp3) is 0.400. The minimum atomic E-state index is -4.61. The minimum absolute atomic E-state index is 0.0164. The smallest absolute Gasteiger partial charge is 0.360 e. The van der Waals surface area contributed by atoms with Crippen molar-refractivity contribution in [2.24, 2.45) is 10.6 Å². The van der Waals surface area contributed by atoms with Gasteiger partial charge in [-0.05, 0) is 60.3 Å². The van der Waals surface area contributed by atoms with Crippen molar-refractivity contribution in [3.05, 3.63) is 77.3 Å². The van der Waals surface area contributed by atoms with Crippen LogP contribution in [0.4, 0.5) is 13.2 Å². The van der Waals surface area contributed by atoms with E-state index in [9.17, 15) is 21.6 Å². The summed E-state index contributed by atoms with van der Waals surface area (Å²) in [6.07, 6.45) is 4.90. The van der Waals surface area contributed by atoms with Gasteiger partial charge in [0, 0.05) is 65.2 Å². The van der Waals surface area contributed by atoms with Crippen molar-refractivity contribution in [3.63, 3.8) is 0 Å². The molecule has 9 nitrogen and oxygen atoms in total. The van der Waals surface area contributed by atoms with Gasteiger partial charge in [-0.25, -0.2) is 13.4 Å². The Morgan fingerprint density at radius 3 is 2.60 bits per heavy atom. The molecule has 7 rings (SSSR count). The van der Waals surface area contributed by atoms with Gasteiger partial charge < -0.3 is 14.3 Å². The van der Waals surface area contributed by atoms with E-state index in [-0.39, 0.29) is 23.3 Å². The third kappa shape index (κ3) is 5.31. The topological polar surface area (TPSA) is 103 Å². The number of hydrogen-bond acceptors (Lipinski definition) is 10. The number of imidazole rings is 1.